The molecule has 0 amide bonds. The van der Waals surface area contributed by atoms with E-state index in [1.165, 1.54) is 17.9 Å². The molecule has 1 aliphatic heterocycles. The summed E-state index contributed by atoms with van der Waals surface area (Å²) in [4.78, 5) is 0. The van der Waals surface area contributed by atoms with E-state index in [9.17, 15) is 0 Å². The van der Waals surface area contributed by atoms with Gasteiger partial charge in [-0.25, -0.2) is 0 Å². The standard InChI is InChI=1S/C13H20S2/c1-3-10-9-11-12(10,4-1)5-6-13(11)14-7-2-8-15-13/h10-11H,1-9H2/t10-,11-,12+/m1/s1. The van der Waals surface area contributed by atoms with Crippen LogP contribution in [0.25, 0.3) is 0 Å². The van der Waals surface area contributed by atoms with Gasteiger partial charge in [0.05, 0.1) is 4.08 Å². The van der Waals surface area contributed by atoms with Crippen LogP contribution in [0.3, 0.4) is 0 Å². The van der Waals surface area contributed by atoms with Crippen molar-refractivity contribution in [3.05, 3.63) is 0 Å². The van der Waals surface area contributed by atoms with Gasteiger partial charge in [-0.3, -0.25) is 0 Å². The van der Waals surface area contributed by atoms with E-state index in [-0.39, 0.29) is 0 Å². The second-order valence-corrected chi connectivity index (χ2v) is 9.08. The lowest BCUT2D eigenvalue weighted by Gasteiger charge is -2.54. The average Bonchev–Trinajstić information content (AvgIpc) is 2.67. The second-order valence-electron chi connectivity index (χ2n) is 5.97. The van der Waals surface area contributed by atoms with Crippen LogP contribution in [0, 0.1) is 17.3 Å². The number of rotatable bonds is 0. The number of thioether (sulfide) groups is 2. The molecule has 0 bridgehead atoms. The number of fused-ring (bicyclic) bond motifs is 1. The Morgan fingerprint density at radius 2 is 1.80 bits per heavy atom. The molecule has 3 saturated carbocycles. The summed E-state index contributed by atoms with van der Waals surface area (Å²) < 4.78 is 0.707. The van der Waals surface area contributed by atoms with Gasteiger partial charge in [0.2, 0.25) is 0 Å². The molecular formula is C13H20S2. The van der Waals surface area contributed by atoms with Crippen LogP contribution in [0.15, 0.2) is 0 Å². The van der Waals surface area contributed by atoms with Crippen LogP contribution in [0.1, 0.15) is 44.9 Å². The minimum atomic E-state index is 0.707. The third-order valence-corrected chi connectivity index (χ3v) is 9.32. The Kier molecular flexibility index (Phi) is 2.02. The van der Waals surface area contributed by atoms with E-state index in [2.05, 4.69) is 23.5 Å². The van der Waals surface area contributed by atoms with Gasteiger partial charge in [0.15, 0.2) is 0 Å². The van der Waals surface area contributed by atoms with Gasteiger partial charge in [0, 0.05) is 0 Å². The van der Waals surface area contributed by atoms with Gasteiger partial charge in [0.1, 0.15) is 0 Å². The van der Waals surface area contributed by atoms with E-state index in [4.69, 9.17) is 0 Å². The van der Waals surface area contributed by atoms with E-state index in [0.29, 0.717) is 4.08 Å². The summed E-state index contributed by atoms with van der Waals surface area (Å²) in [5.41, 5.74) is 0.872. The lowest BCUT2D eigenvalue weighted by atomic mass is 9.56. The first-order valence-corrected chi connectivity index (χ1v) is 8.61. The zero-order chi connectivity index (χ0) is 9.93. The summed E-state index contributed by atoms with van der Waals surface area (Å²) in [5, 5.41) is 0. The highest BCUT2D eigenvalue weighted by Gasteiger charge is 2.68. The normalized spacial score (nSPS) is 51.2. The highest BCUT2D eigenvalue weighted by molar-refractivity contribution is 8.18. The van der Waals surface area contributed by atoms with Gasteiger partial charge < -0.3 is 0 Å². The van der Waals surface area contributed by atoms with Gasteiger partial charge in [-0.2, -0.15) is 0 Å². The lowest BCUT2D eigenvalue weighted by Crippen LogP contribution is -2.49. The first kappa shape index (κ1) is 9.70. The summed E-state index contributed by atoms with van der Waals surface area (Å²) in [6.45, 7) is 0. The molecule has 2 heteroatoms. The minimum absolute atomic E-state index is 0.707. The van der Waals surface area contributed by atoms with Crippen molar-refractivity contribution in [2.24, 2.45) is 17.3 Å². The molecule has 0 radical (unpaired) electrons. The van der Waals surface area contributed by atoms with E-state index >= 15 is 0 Å². The first-order valence-electron chi connectivity index (χ1n) is 6.64. The molecule has 0 aromatic heterocycles. The fourth-order valence-corrected chi connectivity index (χ4v) is 8.82. The topological polar surface area (TPSA) is 0 Å². The highest BCUT2D eigenvalue weighted by atomic mass is 32.2. The summed E-state index contributed by atoms with van der Waals surface area (Å²) in [6.07, 6.45) is 10.9. The number of hydrogen-bond donors (Lipinski definition) is 0. The Balaban J connectivity index is 1.65. The summed E-state index contributed by atoms with van der Waals surface area (Å²) in [5.74, 6) is 5.17. The molecule has 4 fully saturated rings. The molecule has 0 unspecified atom stereocenters. The molecule has 0 N–H and O–H groups in total. The first-order chi connectivity index (χ1) is 7.36. The molecule has 0 aromatic carbocycles. The number of hydrogen-bond acceptors (Lipinski definition) is 2. The van der Waals surface area contributed by atoms with Gasteiger partial charge in [-0.1, -0.05) is 6.42 Å². The summed E-state index contributed by atoms with van der Waals surface area (Å²) >= 11 is 4.69. The molecule has 0 aromatic rings. The summed E-state index contributed by atoms with van der Waals surface area (Å²) in [6, 6.07) is 0. The van der Waals surface area contributed by atoms with Crippen molar-refractivity contribution in [3.8, 4) is 0 Å². The third-order valence-electron chi connectivity index (χ3n) is 5.67. The van der Waals surface area contributed by atoms with Gasteiger partial charge in [-0.05, 0) is 67.3 Å². The van der Waals surface area contributed by atoms with Crippen molar-refractivity contribution < 1.29 is 0 Å². The highest BCUT2D eigenvalue weighted by Crippen LogP contribution is 2.76. The van der Waals surface area contributed by atoms with E-state index < -0.39 is 0 Å². The van der Waals surface area contributed by atoms with Crippen LogP contribution >= 0.6 is 23.5 Å². The lowest BCUT2D eigenvalue weighted by molar-refractivity contribution is 0.00192. The Hall–Kier alpha value is 0.700. The van der Waals surface area contributed by atoms with Crippen LogP contribution in [0.4, 0.5) is 0 Å². The van der Waals surface area contributed by atoms with Crippen molar-refractivity contribution in [3.63, 3.8) is 0 Å². The maximum atomic E-state index is 2.34. The van der Waals surface area contributed by atoms with Crippen LogP contribution in [-0.2, 0) is 0 Å². The molecule has 2 spiro atoms. The molecule has 1 heterocycles. The molecule has 84 valence electrons. The van der Waals surface area contributed by atoms with Gasteiger partial charge in [0.25, 0.3) is 0 Å². The van der Waals surface area contributed by atoms with Crippen LogP contribution in [0.2, 0.25) is 0 Å². The predicted octanol–water partition coefficient (Wildman–Crippen LogP) is 4.15. The maximum absolute atomic E-state index is 2.34. The van der Waals surface area contributed by atoms with Crippen molar-refractivity contribution >= 4 is 23.5 Å². The SMILES string of the molecule is C1CSC2(CC[C@@]34CCC[C@@H]3C[C@@H]24)SC1. The van der Waals surface area contributed by atoms with Crippen molar-refractivity contribution in [2.75, 3.05) is 11.5 Å². The molecule has 3 aliphatic carbocycles. The zero-order valence-corrected chi connectivity index (χ0v) is 11.0. The second kappa shape index (κ2) is 3.13. The Morgan fingerprint density at radius 1 is 0.933 bits per heavy atom. The monoisotopic (exact) mass is 240 g/mol. The Bertz CT molecular complexity index is 282. The van der Waals surface area contributed by atoms with Gasteiger partial charge in [-0.15, -0.1) is 23.5 Å². The van der Waals surface area contributed by atoms with Crippen LogP contribution < -0.4 is 0 Å². The van der Waals surface area contributed by atoms with Crippen LogP contribution in [0.5, 0.6) is 0 Å². The van der Waals surface area contributed by atoms with E-state index in [1.807, 2.05) is 0 Å². The predicted molar refractivity (Wildman–Crippen MR) is 69.4 cm³/mol. The summed E-state index contributed by atoms with van der Waals surface area (Å²) in [7, 11) is 0. The molecule has 3 atom stereocenters. The zero-order valence-electron chi connectivity index (χ0n) is 9.34. The Labute approximate surface area is 101 Å². The van der Waals surface area contributed by atoms with Gasteiger partial charge >= 0.3 is 0 Å². The maximum Gasteiger partial charge on any atom is 0.0644 e. The van der Waals surface area contributed by atoms with Crippen LogP contribution in [-0.4, -0.2) is 15.6 Å². The fraction of sp³-hybridized carbons (Fsp3) is 1.00. The van der Waals surface area contributed by atoms with E-state index in [0.717, 1.165) is 17.3 Å². The van der Waals surface area contributed by atoms with Crippen molar-refractivity contribution in [1.29, 1.82) is 0 Å². The molecule has 4 rings (SSSR count). The van der Waals surface area contributed by atoms with E-state index in [1.54, 1.807) is 38.5 Å². The smallest absolute Gasteiger partial charge is 0.0644 e. The average molecular weight is 240 g/mol. The molecule has 1 saturated heterocycles. The molecule has 0 nitrogen and oxygen atoms in total. The largest absolute Gasteiger partial charge is 0.144 e. The Morgan fingerprint density at radius 3 is 2.60 bits per heavy atom. The molecular weight excluding hydrogens is 220 g/mol. The molecule has 15 heavy (non-hydrogen) atoms. The van der Waals surface area contributed by atoms with Crippen molar-refractivity contribution in [1.82, 2.24) is 0 Å². The quantitative estimate of drug-likeness (QED) is 0.624. The fourth-order valence-electron chi connectivity index (χ4n) is 4.98. The third kappa shape index (κ3) is 1.09. The van der Waals surface area contributed by atoms with Crippen molar-refractivity contribution in [2.45, 2.75) is 49.0 Å². The minimum Gasteiger partial charge on any atom is -0.144 e. The molecule has 4 aliphatic rings.